The zero-order chi connectivity index (χ0) is 23.4. The van der Waals surface area contributed by atoms with Gasteiger partial charge in [-0.2, -0.15) is 5.10 Å². The lowest BCUT2D eigenvalue weighted by Gasteiger charge is -2.09. The molecule has 0 saturated carbocycles. The van der Waals surface area contributed by atoms with E-state index in [4.69, 9.17) is 4.74 Å². The van der Waals surface area contributed by atoms with Crippen molar-refractivity contribution < 1.29 is 14.3 Å². The van der Waals surface area contributed by atoms with E-state index in [0.29, 0.717) is 33.2 Å². The van der Waals surface area contributed by atoms with Gasteiger partial charge < -0.3 is 10.1 Å². The predicted molar refractivity (Wildman–Crippen MR) is 125 cm³/mol. The lowest BCUT2D eigenvalue weighted by Crippen LogP contribution is -2.25. The maximum absolute atomic E-state index is 12.9. The number of rotatable bonds is 3. The first kappa shape index (κ1) is 21.5. The first-order chi connectivity index (χ1) is 16.0. The molecule has 0 bridgehead atoms. The van der Waals surface area contributed by atoms with Crippen molar-refractivity contribution in [2.75, 3.05) is 12.4 Å². The molecule has 0 fully saturated rings. The van der Waals surface area contributed by atoms with Crippen molar-refractivity contribution in [1.29, 1.82) is 0 Å². The molecule has 0 atom stereocenters. The van der Waals surface area contributed by atoms with Gasteiger partial charge in [0.25, 0.3) is 11.5 Å². The molecule has 1 aromatic heterocycles. The molecular formula is C26H19N3O4. The second-order valence-electron chi connectivity index (χ2n) is 7.18. The van der Waals surface area contributed by atoms with Crippen LogP contribution in [0, 0.1) is 11.8 Å². The lowest BCUT2D eigenvalue weighted by molar-refractivity contribution is 0.0600. The number of anilines is 1. The number of aromatic nitrogens is 2. The molecule has 33 heavy (non-hydrogen) atoms. The fourth-order valence-electron chi connectivity index (χ4n) is 3.32. The number of benzene rings is 3. The van der Waals surface area contributed by atoms with Crippen LogP contribution in [-0.4, -0.2) is 28.8 Å². The number of nitrogens with zero attached hydrogens (tertiary/aromatic N) is 2. The highest BCUT2D eigenvalue weighted by molar-refractivity contribution is 6.11. The normalized spacial score (nSPS) is 10.2. The molecule has 162 valence electrons. The van der Waals surface area contributed by atoms with Crippen LogP contribution in [0.4, 0.5) is 5.69 Å². The molecule has 4 aromatic rings. The Morgan fingerprint density at radius 2 is 1.58 bits per heavy atom. The summed E-state index contributed by atoms with van der Waals surface area (Å²) < 4.78 is 5.89. The van der Waals surface area contributed by atoms with E-state index in [1.807, 2.05) is 6.07 Å². The van der Waals surface area contributed by atoms with Crippen LogP contribution < -0.4 is 10.9 Å². The molecule has 0 saturated heterocycles. The highest BCUT2D eigenvalue weighted by Gasteiger charge is 2.15. The number of carbonyl (C=O) groups is 2. The third-order valence-electron chi connectivity index (χ3n) is 4.93. The molecule has 7 heteroatoms. The molecule has 0 spiro atoms. The number of nitrogens with one attached hydrogen (secondary N) is 1. The van der Waals surface area contributed by atoms with Crippen molar-refractivity contribution in [2.24, 2.45) is 7.05 Å². The first-order valence-corrected chi connectivity index (χ1v) is 10.0. The van der Waals surface area contributed by atoms with Gasteiger partial charge in [-0.3, -0.25) is 9.59 Å². The van der Waals surface area contributed by atoms with Crippen molar-refractivity contribution >= 4 is 28.3 Å². The Morgan fingerprint density at radius 1 is 0.909 bits per heavy atom. The number of aryl methyl sites for hydroxylation is 1. The minimum atomic E-state index is -0.433. The third kappa shape index (κ3) is 4.65. The van der Waals surface area contributed by atoms with E-state index in [2.05, 4.69) is 22.3 Å². The van der Waals surface area contributed by atoms with Gasteiger partial charge in [0.15, 0.2) is 5.69 Å². The maximum Gasteiger partial charge on any atom is 0.337 e. The summed E-state index contributed by atoms with van der Waals surface area (Å²) >= 11 is 0. The summed E-state index contributed by atoms with van der Waals surface area (Å²) in [6.07, 6.45) is 0. The fourth-order valence-corrected chi connectivity index (χ4v) is 3.32. The van der Waals surface area contributed by atoms with Crippen LogP contribution in [0.1, 0.15) is 32.0 Å². The Labute approximate surface area is 189 Å². The Hall–Kier alpha value is -4.70. The number of hydrogen-bond donors (Lipinski definition) is 1. The van der Waals surface area contributed by atoms with Crippen LogP contribution in [-0.2, 0) is 11.8 Å². The summed E-state index contributed by atoms with van der Waals surface area (Å²) in [5.41, 5.74) is 2.18. The highest BCUT2D eigenvalue weighted by Crippen LogP contribution is 2.16. The maximum atomic E-state index is 12.9. The van der Waals surface area contributed by atoms with Crippen molar-refractivity contribution in [1.82, 2.24) is 9.78 Å². The van der Waals surface area contributed by atoms with Crippen LogP contribution in [0.3, 0.4) is 0 Å². The molecule has 0 aliphatic carbocycles. The van der Waals surface area contributed by atoms with Gasteiger partial charge in [-0.1, -0.05) is 42.2 Å². The zero-order valence-corrected chi connectivity index (χ0v) is 18.0. The molecular weight excluding hydrogens is 418 g/mol. The lowest BCUT2D eigenvalue weighted by atomic mass is 10.1. The monoisotopic (exact) mass is 437 g/mol. The van der Waals surface area contributed by atoms with E-state index < -0.39 is 11.9 Å². The molecule has 0 aliphatic heterocycles. The highest BCUT2D eigenvalue weighted by atomic mass is 16.5. The second kappa shape index (κ2) is 9.20. The summed E-state index contributed by atoms with van der Waals surface area (Å²) in [5, 5.41) is 7.88. The minimum Gasteiger partial charge on any atom is -0.465 e. The van der Waals surface area contributed by atoms with Gasteiger partial charge in [0, 0.05) is 29.2 Å². The van der Waals surface area contributed by atoms with Crippen LogP contribution in [0.25, 0.3) is 10.8 Å². The first-order valence-electron chi connectivity index (χ1n) is 10.0. The number of amides is 1. The zero-order valence-electron chi connectivity index (χ0n) is 18.0. The third-order valence-corrected chi connectivity index (χ3v) is 4.93. The van der Waals surface area contributed by atoms with Crippen LogP contribution in [0.15, 0.2) is 77.6 Å². The number of esters is 1. The number of ether oxygens (including phenoxy) is 1. The van der Waals surface area contributed by atoms with Crippen molar-refractivity contribution in [2.45, 2.75) is 0 Å². The average Bonchev–Trinajstić information content (AvgIpc) is 2.85. The SMILES string of the molecule is COC(=O)c1cccc(C#Cc2cccc(NC(=O)c3nn(C)c(=O)c4ccccc34)c2)c1. The summed E-state index contributed by atoms with van der Waals surface area (Å²) in [6, 6.07) is 20.8. The van der Waals surface area contributed by atoms with E-state index in [-0.39, 0.29) is 11.3 Å². The van der Waals surface area contributed by atoms with E-state index >= 15 is 0 Å². The smallest absolute Gasteiger partial charge is 0.337 e. The summed E-state index contributed by atoms with van der Waals surface area (Å²) in [7, 11) is 2.84. The van der Waals surface area contributed by atoms with Gasteiger partial charge >= 0.3 is 5.97 Å². The summed E-state index contributed by atoms with van der Waals surface area (Å²) in [5.74, 6) is 5.18. The van der Waals surface area contributed by atoms with E-state index in [1.54, 1.807) is 66.7 Å². The Kier molecular flexibility index (Phi) is 6.00. The van der Waals surface area contributed by atoms with E-state index in [1.165, 1.54) is 14.2 Å². The van der Waals surface area contributed by atoms with Gasteiger partial charge in [0.2, 0.25) is 0 Å². The summed E-state index contributed by atoms with van der Waals surface area (Å²) in [6.45, 7) is 0. The van der Waals surface area contributed by atoms with Gasteiger partial charge in [-0.25, -0.2) is 9.48 Å². The molecule has 0 aliphatic rings. The van der Waals surface area contributed by atoms with Gasteiger partial charge in [-0.15, -0.1) is 0 Å². The standard InChI is InChI=1S/C26H19N3O4/c1-29-25(31)22-12-4-3-11-21(22)23(28-29)24(30)27-20-10-6-8-18(16-20)14-13-17-7-5-9-19(15-17)26(32)33-2/h3-12,15-16H,1-2H3,(H,27,30). The summed E-state index contributed by atoms with van der Waals surface area (Å²) in [4.78, 5) is 36.9. The van der Waals surface area contributed by atoms with E-state index in [0.717, 1.165) is 4.68 Å². The van der Waals surface area contributed by atoms with Crippen LogP contribution in [0.2, 0.25) is 0 Å². The number of hydrogen-bond acceptors (Lipinski definition) is 5. The van der Waals surface area contributed by atoms with Crippen molar-refractivity contribution in [3.05, 3.63) is 106 Å². The van der Waals surface area contributed by atoms with Crippen molar-refractivity contribution in [3.63, 3.8) is 0 Å². The number of methoxy groups -OCH3 is 1. The average molecular weight is 437 g/mol. The Morgan fingerprint density at radius 3 is 2.30 bits per heavy atom. The molecule has 7 nitrogen and oxygen atoms in total. The molecule has 4 rings (SSSR count). The van der Waals surface area contributed by atoms with Crippen LogP contribution >= 0.6 is 0 Å². The molecule has 0 radical (unpaired) electrons. The van der Waals surface area contributed by atoms with Crippen LogP contribution in [0.5, 0.6) is 0 Å². The minimum absolute atomic E-state index is 0.156. The Balaban J connectivity index is 1.59. The molecule has 1 N–H and O–H groups in total. The van der Waals surface area contributed by atoms with Gasteiger partial charge in [0.1, 0.15) is 0 Å². The topological polar surface area (TPSA) is 90.3 Å². The molecule has 1 amide bonds. The largest absolute Gasteiger partial charge is 0.465 e. The van der Waals surface area contributed by atoms with Gasteiger partial charge in [0.05, 0.1) is 18.1 Å². The molecule has 0 unspecified atom stereocenters. The van der Waals surface area contributed by atoms with E-state index in [9.17, 15) is 14.4 Å². The fraction of sp³-hybridized carbons (Fsp3) is 0.0769. The molecule has 3 aromatic carbocycles. The predicted octanol–water partition coefficient (Wildman–Crippen LogP) is 3.37. The van der Waals surface area contributed by atoms with Gasteiger partial charge in [-0.05, 0) is 42.5 Å². The Bertz CT molecular complexity index is 1510. The second-order valence-corrected chi connectivity index (χ2v) is 7.18. The van der Waals surface area contributed by atoms with Crippen molar-refractivity contribution in [3.8, 4) is 11.8 Å². The molecule has 1 heterocycles. The number of fused-ring (bicyclic) bond motifs is 1. The quantitative estimate of drug-likeness (QED) is 0.392. The number of carbonyl (C=O) groups excluding carboxylic acids is 2.